The van der Waals surface area contributed by atoms with Crippen molar-refractivity contribution in [2.75, 3.05) is 11.1 Å². The van der Waals surface area contributed by atoms with Gasteiger partial charge in [0.15, 0.2) is 0 Å². The molecule has 0 bridgehead atoms. The van der Waals surface area contributed by atoms with Crippen molar-refractivity contribution < 1.29 is 8.42 Å². The average molecular weight is 295 g/mol. The number of benzene rings is 1. The number of primary sulfonamides is 1. The fraction of sp³-hybridized carbons (Fsp3) is 0.250. The Balaban J connectivity index is 2.16. The van der Waals surface area contributed by atoms with Crippen LogP contribution in [0.4, 0.5) is 11.4 Å². The average Bonchev–Trinajstić information content (AvgIpc) is 2.66. The molecule has 7 nitrogen and oxygen atoms in total. The van der Waals surface area contributed by atoms with Gasteiger partial charge in [0.05, 0.1) is 11.9 Å². The molecule has 1 aromatic carbocycles. The summed E-state index contributed by atoms with van der Waals surface area (Å²) in [6, 6.07) is 4.57. The van der Waals surface area contributed by atoms with E-state index in [0.717, 1.165) is 16.9 Å². The Hall–Kier alpha value is -2.06. The summed E-state index contributed by atoms with van der Waals surface area (Å²) in [7, 11) is -1.91. The quantitative estimate of drug-likeness (QED) is 0.713. The number of nitrogens with two attached hydrogens (primary N) is 2. The molecule has 0 unspecified atom stereocenters. The van der Waals surface area contributed by atoms with E-state index in [1.807, 2.05) is 14.0 Å². The topological polar surface area (TPSA) is 116 Å². The summed E-state index contributed by atoms with van der Waals surface area (Å²) in [4.78, 5) is -0.0689. The lowest BCUT2D eigenvalue weighted by Crippen LogP contribution is -2.14. The predicted octanol–water partition coefficient (Wildman–Crippen LogP) is 0.570. The third-order valence-electron chi connectivity index (χ3n) is 3.14. The van der Waals surface area contributed by atoms with E-state index >= 15 is 0 Å². The monoisotopic (exact) mass is 295 g/mol. The van der Waals surface area contributed by atoms with Crippen LogP contribution in [-0.4, -0.2) is 18.2 Å². The summed E-state index contributed by atoms with van der Waals surface area (Å²) in [6.45, 7) is 2.55. The number of aryl methyl sites for hydroxylation is 1. The molecular formula is C12H17N5O2S. The molecule has 1 heterocycles. The molecule has 0 atom stereocenters. The van der Waals surface area contributed by atoms with Gasteiger partial charge in [-0.3, -0.25) is 4.68 Å². The van der Waals surface area contributed by atoms with Crippen molar-refractivity contribution in [3.63, 3.8) is 0 Å². The second-order valence-corrected chi connectivity index (χ2v) is 6.06. The van der Waals surface area contributed by atoms with E-state index in [0.29, 0.717) is 6.54 Å². The second-order valence-electron chi connectivity index (χ2n) is 4.53. The number of aromatic nitrogens is 2. The third kappa shape index (κ3) is 2.91. The predicted molar refractivity (Wildman–Crippen MR) is 77.5 cm³/mol. The molecular weight excluding hydrogens is 278 g/mol. The summed E-state index contributed by atoms with van der Waals surface area (Å²) in [5.41, 5.74) is 8.66. The number of nitrogens with one attached hydrogen (secondary N) is 1. The van der Waals surface area contributed by atoms with Gasteiger partial charge in [0.1, 0.15) is 4.90 Å². The highest BCUT2D eigenvalue weighted by Gasteiger charge is 2.12. The summed E-state index contributed by atoms with van der Waals surface area (Å²) in [5, 5.41) is 12.4. The van der Waals surface area contributed by atoms with Gasteiger partial charge in [-0.05, 0) is 25.1 Å². The minimum Gasteiger partial charge on any atom is -0.398 e. The minimum absolute atomic E-state index is 0.0689. The second kappa shape index (κ2) is 5.14. The van der Waals surface area contributed by atoms with Gasteiger partial charge in [0.25, 0.3) is 0 Å². The molecule has 2 rings (SSSR count). The van der Waals surface area contributed by atoms with E-state index < -0.39 is 10.0 Å². The Kier molecular flexibility index (Phi) is 3.69. The highest BCUT2D eigenvalue weighted by Crippen LogP contribution is 2.22. The van der Waals surface area contributed by atoms with Crippen LogP contribution in [-0.2, 0) is 23.6 Å². The molecule has 0 aliphatic heterocycles. The minimum atomic E-state index is -3.79. The molecule has 0 aliphatic rings. The van der Waals surface area contributed by atoms with E-state index in [9.17, 15) is 8.42 Å². The lowest BCUT2D eigenvalue weighted by Gasteiger charge is -2.09. The van der Waals surface area contributed by atoms with E-state index in [4.69, 9.17) is 10.9 Å². The highest BCUT2D eigenvalue weighted by molar-refractivity contribution is 7.89. The lowest BCUT2D eigenvalue weighted by molar-refractivity contribution is 0.598. The fourth-order valence-electron chi connectivity index (χ4n) is 1.83. The van der Waals surface area contributed by atoms with E-state index in [-0.39, 0.29) is 10.6 Å². The number of nitrogens with zero attached hydrogens (tertiary/aromatic N) is 2. The first-order valence-corrected chi connectivity index (χ1v) is 7.47. The zero-order valence-electron chi connectivity index (χ0n) is 11.3. The Bertz CT molecular complexity index is 736. The SMILES string of the molecule is Cc1c(CNc2ccc(S(N)(=O)=O)c(N)c2)cnn1C. The molecule has 8 heteroatoms. The Morgan fingerprint density at radius 1 is 1.40 bits per heavy atom. The summed E-state index contributed by atoms with van der Waals surface area (Å²) < 4.78 is 24.3. The number of hydrogen-bond acceptors (Lipinski definition) is 5. The molecule has 0 amide bonds. The smallest absolute Gasteiger partial charge is 0.240 e. The van der Waals surface area contributed by atoms with Gasteiger partial charge in [0, 0.05) is 30.5 Å². The van der Waals surface area contributed by atoms with Gasteiger partial charge < -0.3 is 11.1 Å². The van der Waals surface area contributed by atoms with Gasteiger partial charge >= 0.3 is 0 Å². The number of sulfonamides is 1. The molecule has 0 saturated heterocycles. The van der Waals surface area contributed by atoms with Gasteiger partial charge in [-0.25, -0.2) is 13.6 Å². The van der Waals surface area contributed by atoms with Crippen molar-refractivity contribution in [2.45, 2.75) is 18.4 Å². The summed E-state index contributed by atoms with van der Waals surface area (Å²) >= 11 is 0. The first-order valence-electron chi connectivity index (χ1n) is 5.92. The van der Waals surface area contributed by atoms with Crippen LogP contribution in [0.2, 0.25) is 0 Å². The van der Waals surface area contributed by atoms with Crippen molar-refractivity contribution in [3.05, 3.63) is 35.7 Å². The maximum atomic E-state index is 11.3. The first kappa shape index (κ1) is 14.4. The molecule has 0 fully saturated rings. The largest absolute Gasteiger partial charge is 0.398 e. The van der Waals surface area contributed by atoms with Crippen LogP contribution in [0.15, 0.2) is 29.3 Å². The van der Waals surface area contributed by atoms with Crippen LogP contribution < -0.4 is 16.2 Å². The summed E-state index contributed by atoms with van der Waals surface area (Å²) in [5.74, 6) is 0. The molecule has 0 spiro atoms. The van der Waals surface area contributed by atoms with Gasteiger partial charge in [-0.2, -0.15) is 5.10 Å². The van der Waals surface area contributed by atoms with Crippen molar-refractivity contribution in [1.82, 2.24) is 9.78 Å². The molecule has 5 N–H and O–H groups in total. The molecule has 1 aromatic heterocycles. The van der Waals surface area contributed by atoms with Crippen molar-refractivity contribution in [1.29, 1.82) is 0 Å². The van der Waals surface area contributed by atoms with Gasteiger partial charge in [0.2, 0.25) is 10.0 Å². The van der Waals surface area contributed by atoms with Crippen LogP contribution in [0.25, 0.3) is 0 Å². The van der Waals surface area contributed by atoms with Crippen molar-refractivity contribution in [2.24, 2.45) is 12.2 Å². The Morgan fingerprint density at radius 3 is 2.60 bits per heavy atom. The fourth-order valence-corrected chi connectivity index (χ4v) is 2.48. The van der Waals surface area contributed by atoms with E-state index in [1.165, 1.54) is 6.07 Å². The van der Waals surface area contributed by atoms with E-state index in [1.54, 1.807) is 23.0 Å². The molecule has 0 saturated carbocycles. The third-order valence-corrected chi connectivity index (χ3v) is 4.12. The van der Waals surface area contributed by atoms with Crippen molar-refractivity contribution in [3.8, 4) is 0 Å². The van der Waals surface area contributed by atoms with Crippen molar-refractivity contribution >= 4 is 21.4 Å². The van der Waals surface area contributed by atoms with Gasteiger partial charge in [-0.15, -0.1) is 0 Å². The Morgan fingerprint density at radius 2 is 2.10 bits per heavy atom. The maximum absolute atomic E-state index is 11.3. The van der Waals surface area contributed by atoms with Gasteiger partial charge in [-0.1, -0.05) is 0 Å². The number of hydrogen-bond donors (Lipinski definition) is 3. The van der Waals surface area contributed by atoms with Crippen LogP contribution >= 0.6 is 0 Å². The lowest BCUT2D eigenvalue weighted by atomic mass is 10.2. The van der Waals surface area contributed by atoms with Crippen LogP contribution in [0, 0.1) is 6.92 Å². The summed E-state index contributed by atoms with van der Waals surface area (Å²) in [6.07, 6.45) is 1.78. The zero-order chi connectivity index (χ0) is 14.9. The van der Waals surface area contributed by atoms with Crippen LogP contribution in [0.3, 0.4) is 0 Å². The standard InChI is InChI=1S/C12H17N5O2S/c1-8-9(7-16-17(8)2)6-15-10-3-4-12(11(13)5-10)20(14,18)19/h3-5,7,15H,6,13H2,1-2H3,(H2,14,18,19). The zero-order valence-corrected chi connectivity index (χ0v) is 12.1. The van der Waals surface area contributed by atoms with E-state index in [2.05, 4.69) is 10.4 Å². The number of nitrogen functional groups attached to an aromatic ring is 1. The Labute approximate surface area is 117 Å². The maximum Gasteiger partial charge on any atom is 0.240 e. The molecule has 108 valence electrons. The highest BCUT2D eigenvalue weighted by atomic mass is 32.2. The molecule has 20 heavy (non-hydrogen) atoms. The number of anilines is 2. The number of rotatable bonds is 4. The molecule has 2 aromatic rings. The first-order chi connectivity index (χ1) is 9.29. The molecule has 0 radical (unpaired) electrons. The van der Waals surface area contributed by atoms with Crippen LogP contribution in [0.1, 0.15) is 11.3 Å². The normalized spacial score (nSPS) is 11.6. The van der Waals surface area contributed by atoms with Crippen LogP contribution in [0.5, 0.6) is 0 Å². The molecule has 0 aliphatic carbocycles.